The van der Waals surface area contributed by atoms with Crippen molar-refractivity contribution < 1.29 is 14.4 Å². The summed E-state index contributed by atoms with van der Waals surface area (Å²) in [6, 6.07) is 12.1. The maximum absolute atomic E-state index is 13.5. The summed E-state index contributed by atoms with van der Waals surface area (Å²) in [6.45, 7) is 9.38. The van der Waals surface area contributed by atoms with Crippen molar-refractivity contribution in [1.29, 1.82) is 0 Å². The topological polar surface area (TPSA) is 76.2 Å². The van der Waals surface area contributed by atoms with Crippen molar-refractivity contribution in [2.75, 3.05) is 38.1 Å². The summed E-state index contributed by atoms with van der Waals surface area (Å²) in [4.78, 5) is 42.9. The monoisotopic (exact) mass is 521 g/mol. The summed E-state index contributed by atoms with van der Waals surface area (Å²) < 4.78 is 0. The number of hydrazine groups is 1. The van der Waals surface area contributed by atoms with Gasteiger partial charge in [-0.05, 0) is 48.6 Å². The molecular weight excluding hydrogens is 478 g/mol. The molecule has 38 heavy (non-hydrogen) atoms. The van der Waals surface area contributed by atoms with E-state index in [1.807, 2.05) is 52.9 Å². The van der Waals surface area contributed by atoms with Crippen LogP contribution in [0.15, 0.2) is 36.4 Å². The smallest absolute Gasteiger partial charge is 0.256 e. The van der Waals surface area contributed by atoms with Gasteiger partial charge in [-0.3, -0.25) is 19.4 Å². The van der Waals surface area contributed by atoms with Crippen molar-refractivity contribution >= 4 is 23.4 Å². The van der Waals surface area contributed by atoms with Crippen molar-refractivity contribution in [1.82, 2.24) is 20.2 Å². The first-order valence-corrected chi connectivity index (χ1v) is 13.3. The number of amides is 3. The van der Waals surface area contributed by atoms with Crippen LogP contribution >= 0.6 is 0 Å². The minimum atomic E-state index is -0.124. The van der Waals surface area contributed by atoms with Crippen LogP contribution in [0.5, 0.6) is 0 Å². The zero-order valence-corrected chi connectivity index (χ0v) is 22.5. The van der Waals surface area contributed by atoms with Gasteiger partial charge in [-0.15, -0.1) is 0 Å². The molecule has 0 unspecified atom stereocenters. The number of nitrogens with zero attached hydrogens (tertiary/aromatic N) is 4. The van der Waals surface area contributed by atoms with Gasteiger partial charge >= 0.3 is 0 Å². The maximum atomic E-state index is 13.5. The van der Waals surface area contributed by atoms with Gasteiger partial charge in [0.25, 0.3) is 11.8 Å². The Balaban J connectivity index is 0.00000400. The van der Waals surface area contributed by atoms with Crippen molar-refractivity contribution in [2.45, 2.75) is 67.1 Å². The molecule has 2 aromatic rings. The van der Waals surface area contributed by atoms with Crippen molar-refractivity contribution in [3.63, 3.8) is 0 Å². The highest BCUT2D eigenvalue weighted by atomic mass is 16.2. The fraction of sp³-hybridized carbons (Fsp3) is 0.500. The Morgan fingerprint density at radius 2 is 1.66 bits per heavy atom. The Labute approximate surface area is 227 Å². The van der Waals surface area contributed by atoms with Crippen LogP contribution in [-0.4, -0.2) is 65.9 Å². The summed E-state index contributed by atoms with van der Waals surface area (Å²) in [5.41, 5.74) is 5.80. The molecule has 0 atom stereocenters. The molecule has 0 aliphatic carbocycles. The molecule has 0 aromatic heterocycles. The lowest BCUT2D eigenvalue weighted by Crippen LogP contribution is -2.48. The normalized spacial score (nSPS) is 14.1. The first kappa shape index (κ1) is 29.2. The van der Waals surface area contributed by atoms with Crippen LogP contribution in [0, 0.1) is 6.92 Å². The predicted molar refractivity (Wildman–Crippen MR) is 152 cm³/mol. The van der Waals surface area contributed by atoms with E-state index >= 15 is 0 Å². The number of hydrogen-bond donors (Lipinski definition) is 1. The van der Waals surface area contributed by atoms with Gasteiger partial charge in [0.1, 0.15) is 0 Å². The molecule has 0 radical (unpaired) electrons. The number of fused-ring (bicyclic) bond motifs is 2. The Morgan fingerprint density at radius 1 is 0.974 bits per heavy atom. The third-order valence-electron chi connectivity index (χ3n) is 7.40. The SMILES string of the molecule is C.CCCCCNC(=O)CN(CC(=O)N(C)N1Cc2ccccc2C1)c1cc2c(cc1C)CN(CC)C2=O. The lowest BCUT2D eigenvalue weighted by Gasteiger charge is -2.32. The number of rotatable bonds is 11. The highest BCUT2D eigenvalue weighted by molar-refractivity contribution is 6.00. The molecule has 2 heterocycles. The van der Waals surface area contributed by atoms with Crippen molar-refractivity contribution in [3.05, 3.63) is 64.2 Å². The maximum Gasteiger partial charge on any atom is 0.256 e. The van der Waals surface area contributed by atoms with E-state index in [1.54, 1.807) is 12.1 Å². The number of hydrogen-bond acceptors (Lipinski definition) is 5. The molecule has 0 saturated carbocycles. The van der Waals surface area contributed by atoms with Gasteiger partial charge in [0.05, 0.1) is 13.1 Å². The van der Waals surface area contributed by atoms with E-state index in [0.29, 0.717) is 38.3 Å². The summed E-state index contributed by atoms with van der Waals surface area (Å²) in [5.74, 6) is -0.226. The minimum absolute atomic E-state index is 0. The summed E-state index contributed by atoms with van der Waals surface area (Å²) in [5, 5.41) is 6.68. The van der Waals surface area contributed by atoms with E-state index in [-0.39, 0.29) is 38.2 Å². The van der Waals surface area contributed by atoms with Gasteiger partial charge in [0.2, 0.25) is 5.91 Å². The zero-order chi connectivity index (χ0) is 26.5. The highest BCUT2D eigenvalue weighted by Crippen LogP contribution is 2.31. The molecule has 2 aliphatic heterocycles. The number of likely N-dealkylation sites (N-methyl/N-ethyl adjacent to an activating group) is 1. The van der Waals surface area contributed by atoms with Gasteiger partial charge in [0, 0.05) is 51.0 Å². The molecule has 8 nitrogen and oxygen atoms in total. The highest BCUT2D eigenvalue weighted by Gasteiger charge is 2.30. The molecule has 206 valence electrons. The number of aryl methyl sites for hydroxylation is 1. The predicted octanol–water partition coefficient (Wildman–Crippen LogP) is 4.11. The fourth-order valence-electron chi connectivity index (χ4n) is 5.14. The van der Waals surface area contributed by atoms with Gasteiger partial charge in [-0.25, -0.2) is 5.01 Å². The van der Waals surface area contributed by atoms with Crippen LogP contribution in [0.4, 0.5) is 5.69 Å². The van der Waals surface area contributed by atoms with Gasteiger partial charge in [-0.1, -0.05) is 57.5 Å². The lowest BCUT2D eigenvalue weighted by atomic mass is 10.0. The molecule has 8 heteroatoms. The molecule has 1 N–H and O–H groups in total. The summed E-state index contributed by atoms with van der Waals surface area (Å²) >= 11 is 0. The zero-order valence-electron chi connectivity index (χ0n) is 22.5. The van der Waals surface area contributed by atoms with E-state index in [1.165, 1.54) is 11.1 Å². The Kier molecular flexibility index (Phi) is 9.91. The number of anilines is 1. The first-order chi connectivity index (χ1) is 17.8. The van der Waals surface area contributed by atoms with E-state index in [0.717, 1.165) is 36.1 Å². The van der Waals surface area contributed by atoms with Crippen LogP contribution < -0.4 is 10.2 Å². The molecule has 2 aliphatic rings. The second kappa shape index (κ2) is 12.9. The minimum Gasteiger partial charge on any atom is -0.355 e. The molecule has 0 bridgehead atoms. The second-order valence-corrected chi connectivity index (χ2v) is 10.0. The van der Waals surface area contributed by atoms with Crippen molar-refractivity contribution in [3.8, 4) is 0 Å². The summed E-state index contributed by atoms with van der Waals surface area (Å²) in [7, 11) is 1.79. The van der Waals surface area contributed by atoms with Crippen LogP contribution in [0.2, 0.25) is 0 Å². The Morgan fingerprint density at radius 3 is 2.29 bits per heavy atom. The third-order valence-corrected chi connectivity index (χ3v) is 7.40. The largest absolute Gasteiger partial charge is 0.355 e. The van der Waals surface area contributed by atoms with Crippen LogP contribution in [0.1, 0.15) is 73.1 Å². The molecule has 0 fully saturated rings. The van der Waals surface area contributed by atoms with E-state index in [4.69, 9.17) is 0 Å². The number of carbonyl (C=O) groups excluding carboxylic acids is 3. The number of nitrogens with one attached hydrogen (secondary N) is 1. The third kappa shape index (κ3) is 6.35. The molecular formula is C30H43N5O3. The second-order valence-electron chi connectivity index (χ2n) is 10.0. The van der Waals surface area contributed by atoms with Crippen LogP contribution in [0.25, 0.3) is 0 Å². The average molecular weight is 522 g/mol. The molecule has 0 saturated heterocycles. The van der Waals surface area contributed by atoms with Gasteiger partial charge in [0.15, 0.2) is 0 Å². The molecule has 0 spiro atoms. The van der Waals surface area contributed by atoms with Crippen LogP contribution in [0.3, 0.4) is 0 Å². The Bertz CT molecular complexity index is 1140. The van der Waals surface area contributed by atoms with Gasteiger partial charge in [-0.2, -0.15) is 0 Å². The van der Waals surface area contributed by atoms with Crippen molar-refractivity contribution in [2.24, 2.45) is 0 Å². The standard InChI is InChI=1S/C29H39N5O3.CH4/c1-5-7-10-13-30-27(35)19-33(26-15-25-24(14-21(26)3)16-32(6-2)29(25)37)20-28(36)31(4)34-17-22-11-8-9-12-23(22)18-34;/h8-9,11-12,14-15H,5-7,10,13,16-20H2,1-4H3,(H,30,35);1H4. The first-order valence-electron chi connectivity index (χ1n) is 13.3. The molecule has 2 aromatic carbocycles. The number of benzene rings is 2. The van der Waals surface area contributed by atoms with Gasteiger partial charge < -0.3 is 15.1 Å². The molecule has 4 rings (SSSR count). The fourth-order valence-corrected chi connectivity index (χ4v) is 5.14. The average Bonchev–Trinajstić information content (AvgIpc) is 3.45. The van der Waals surface area contributed by atoms with E-state index in [9.17, 15) is 14.4 Å². The van der Waals surface area contributed by atoms with Crippen LogP contribution in [-0.2, 0) is 29.2 Å². The lowest BCUT2D eigenvalue weighted by molar-refractivity contribution is -0.145. The van der Waals surface area contributed by atoms with E-state index < -0.39 is 0 Å². The Hall–Kier alpha value is -3.39. The quantitative estimate of drug-likeness (QED) is 0.451. The molecule has 3 amide bonds. The number of carbonyl (C=O) groups is 3. The summed E-state index contributed by atoms with van der Waals surface area (Å²) in [6.07, 6.45) is 3.07. The van der Waals surface area contributed by atoms with E-state index in [2.05, 4.69) is 24.4 Å². The number of unbranched alkanes of at least 4 members (excludes halogenated alkanes) is 2.